The molecule has 1 unspecified atom stereocenters. The average molecular weight is 411 g/mol. The van der Waals surface area contributed by atoms with Crippen LogP contribution in [0.15, 0.2) is 60.0 Å². The molecule has 0 saturated heterocycles. The quantitative estimate of drug-likeness (QED) is 0.418. The highest BCUT2D eigenvalue weighted by Crippen LogP contribution is 2.35. The zero-order chi connectivity index (χ0) is 20.6. The molecule has 0 aliphatic rings. The number of rotatable bonds is 9. The van der Waals surface area contributed by atoms with Crippen LogP contribution in [0.5, 0.6) is 0 Å². The van der Waals surface area contributed by atoms with Crippen molar-refractivity contribution < 1.29 is 9.53 Å². The van der Waals surface area contributed by atoms with E-state index in [0.717, 1.165) is 35.3 Å². The number of benzene rings is 2. The first kappa shape index (κ1) is 21.1. The van der Waals surface area contributed by atoms with E-state index in [2.05, 4.69) is 15.5 Å². The number of aromatic nitrogens is 3. The van der Waals surface area contributed by atoms with Gasteiger partial charge in [0.05, 0.1) is 0 Å². The first-order valence-corrected chi connectivity index (χ1v) is 10.4. The molecule has 7 heteroatoms. The predicted molar refractivity (Wildman–Crippen MR) is 116 cm³/mol. The van der Waals surface area contributed by atoms with E-state index in [1.54, 1.807) is 13.4 Å². The van der Waals surface area contributed by atoms with Crippen molar-refractivity contribution in [3.8, 4) is 0 Å². The number of carbonyl (C=O) groups excluding carboxylic acids is 1. The maximum atomic E-state index is 13.3. The van der Waals surface area contributed by atoms with Gasteiger partial charge in [-0.05, 0) is 43.0 Å². The molecule has 1 N–H and O–H groups in total. The highest BCUT2D eigenvalue weighted by molar-refractivity contribution is 8.00. The van der Waals surface area contributed by atoms with Crippen LogP contribution in [0.1, 0.15) is 28.4 Å². The fraction of sp³-hybridized carbons (Fsp3) is 0.318. The van der Waals surface area contributed by atoms with Gasteiger partial charge in [0.2, 0.25) is 5.91 Å². The van der Waals surface area contributed by atoms with Crippen LogP contribution in [-0.4, -0.2) is 34.4 Å². The zero-order valence-corrected chi connectivity index (χ0v) is 17.8. The second kappa shape index (κ2) is 10.2. The van der Waals surface area contributed by atoms with Crippen LogP contribution in [0.2, 0.25) is 0 Å². The van der Waals surface area contributed by atoms with Crippen LogP contribution in [0, 0.1) is 13.8 Å². The van der Waals surface area contributed by atoms with E-state index in [1.807, 2.05) is 66.9 Å². The van der Waals surface area contributed by atoms with Gasteiger partial charge in [0.15, 0.2) is 5.16 Å². The molecular weight excluding hydrogens is 384 g/mol. The van der Waals surface area contributed by atoms with Crippen LogP contribution in [-0.2, 0) is 16.1 Å². The number of amides is 1. The molecule has 0 fully saturated rings. The Morgan fingerprint density at radius 1 is 1.21 bits per heavy atom. The molecule has 3 aromatic rings. The molecule has 0 aliphatic heterocycles. The number of methoxy groups -OCH3 is 1. The predicted octanol–water partition coefficient (Wildman–Crippen LogP) is 4.40. The summed E-state index contributed by atoms with van der Waals surface area (Å²) >= 11 is 1.41. The Balaban J connectivity index is 1.83. The molecule has 3 rings (SSSR count). The second-order valence-corrected chi connectivity index (χ2v) is 7.94. The van der Waals surface area contributed by atoms with Crippen molar-refractivity contribution in [3.63, 3.8) is 0 Å². The number of nitrogens with zero attached hydrogens (tertiary/aromatic N) is 3. The van der Waals surface area contributed by atoms with Crippen molar-refractivity contribution in [2.75, 3.05) is 19.0 Å². The van der Waals surface area contributed by atoms with Gasteiger partial charge in [0.1, 0.15) is 11.6 Å². The van der Waals surface area contributed by atoms with Gasteiger partial charge >= 0.3 is 0 Å². The lowest BCUT2D eigenvalue weighted by Gasteiger charge is -2.18. The fourth-order valence-corrected chi connectivity index (χ4v) is 3.98. The number of anilines is 1. The Kier molecular flexibility index (Phi) is 7.43. The maximum absolute atomic E-state index is 13.3. The molecule has 1 heterocycles. The lowest BCUT2D eigenvalue weighted by molar-refractivity contribution is -0.115. The minimum Gasteiger partial charge on any atom is -0.385 e. The summed E-state index contributed by atoms with van der Waals surface area (Å²) in [6, 6.07) is 15.8. The number of carbonyl (C=O) groups is 1. The standard InChI is InChI=1S/C22H26N4O2S/c1-16-10-11-17(2)19(14-16)24-21(27)20(18-8-5-4-6-9-18)29-22-25-23-15-26(22)12-7-13-28-3/h4-6,8-11,14-15,20H,7,12-13H2,1-3H3,(H,24,27). The van der Waals surface area contributed by atoms with Gasteiger partial charge in [-0.1, -0.05) is 54.2 Å². The van der Waals surface area contributed by atoms with E-state index in [-0.39, 0.29) is 5.91 Å². The molecule has 1 aromatic heterocycles. The lowest BCUT2D eigenvalue weighted by Crippen LogP contribution is -2.20. The van der Waals surface area contributed by atoms with Gasteiger partial charge in [-0.2, -0.15) is 0 Å². The Morgan fingerprint density at radius 3 is 2.76 bits per heavy atom. The normalized spacial score (nSPS) is 12.0. The zero-order valence-electron chi connectivity index (χ0n) is 17.0. The summed E-state index contributed by atoms with van der Waals surface area (Å²) in [6.45, 7) is 5.41. The molecule has 1 atom stereocenters. The number of ether oxygens (including phenoxy) is 1. The van der Waals surface area contributed by atoms with Crippen LogP contribution in [0.3, 0.4) is 0 Å². The van der Waals surface area contributed by atoms with Crippen LogP contribution in [0.25, 0.3) is 0 Å². The van der Waals surface area contributed by atoms with Gasteiger partial charge in [-0.3, -0.25) is 4.79 Å². The van der Waals surface area contributed by atoms with Gasteiger partial charge in [0, 0.05) is 25.9 Å². The summed E-state index contributed by atoms with van der Waals surface area (Å²) in [6.07, 6.45) is 2.55. The summed E-state index contributed by atoms with van der Waals surface area (Å²) in [4.78, 5) is 13.3. The third-order valence-corrected chi connectivity index (χ3v) is 5.79. The SMILES string of the molecule is COCCCn1cnnc1SC(C(=O)Nc1cc(C)ccc1C)c1ccccc1. The molecule has 2 aromatic carbocycles. The fourth-order valence-electron chi connectivity index (χ4n) is 2.94. The molecule has 29 heavy (non-hydrogen) atoms. The summed E-state index contributed by atoms with van der Waals surface area (Å²) < 4.78 is 7.09. The number of hydrogen-bond donors (Lipinski definition) is 1. The van der Waals surface area contributed by atoms with E-state index < -0.39 is 5.25 Å². The first-order chi connectivity index (χ1) is 14.1. The molecule has 152 valence electrons. The van der Waals surface area contributed by atoms with Crippen molar-refractivity contribution >= 4 is 23.4 Å². The van der Waals surface area contributed by atoms with Crippen molar-refractivity contribution in [1.29, 1.82) is 0 Å². The molecular formula is C22H26N4O2S. The lowest BCUT2D eigenvalue weighted by atomic mass is 10.1. The number of hydrogen-bond acceptors (Lipinski definition) is 5. The van der Waals surface area contributed by atoms with E-state index >= 15 is 0 Å². The number of nitrogens with one attached hydrogen (secondary N) is 1. The first-order valence-electron chi connectivity index (χ1n) is 9.55. The van der Waals surface area contributed by atoms with E-state index in [4.69, 9.17) is 4.74 Å². The molecule has 0 bridgehead atoms. The smallest absolute Gasteiger partial charge is 0.242 e. The Bertz CT molecular complexity index is 943. The molecule has 0 saturated carbocycles. The highest BCUT2D eigenvalue weighted by atomic mass is 32.2. The average Bonchev–Trinajstić information content (AvgIpc) is 3.17. The Hall–Kier alpha value is -2.64. The van der Waals surface area contributed by atoms with Gasteiger partial charge in [-0.25, -0.2) is 0 Å². The van der Waals surface area contributed by atoms with Crippen molar-refractivity contribution in [2.45, 2.75) is 37.2 Å². The summed E-state index contributed by atoms with van der Waals surface area (Å²) in [5, 5.41) is 11.6. The van der Waals surface area contributed by atoms with Gasteiger partial charge in [0.25, 0.3) is 0 Å². The van der Waals surface area contributed by atoms with E-state index in [0.29, 0.717) is 11.8 Å². The maximum Gasteiger partial charge on any atom is 0.242 e. The minimum absolute atomic E-state index is 0.0821. The summed E-state index contributed by atoms with van der Waals surface area (Å²) in [5.41, 5.74) is 3.89. The monoisotopic (exact) mass is 410 g/mol. The number of aryl methyl sites for hydroxylation is 3. The molecule has 6 nitrogen and oxygen atoms in total. The van der Waals surface area contributed by atoms with Crippen LogP contribution < -0.4 is 5.32 Å². The third-order valence-electron chi connectivity index (χ3n) is 4.54. The summed E-state index contributed by atoms with van der Waals surface area (Å²) in [5.74, 6) is -0.0821. The molecule has 0 aliphatic carbocycles. The molecule has 1 amide bonds. The van der Waals surface area contributed by atoms with E-state index in [9.17, 15) is 4.79 Å². The van der Waals surface area contributed by atoms with Crippen molar-refractivity contribution in [3.05, 3.63) is 71.5 Å². The number of thioether (sulfide) groups is 1. The molecule has 0 radical (unpaired) electrons. The van der Waals surface area contributed by atoms with Crippen molar-refractivity contribution in [1.82, 2.24) is 14.8 Å². The Labute approximate surface area is 175 Å². The van der Waals surface area contributed by atoms with Gasteiger partial charge in [-0.15, -0.1) is 10.2 Å². The van der Waals surface area contributed by atoms with Gasteiger partial charge < -0.3 is 14.6 Å². The second-order valence-electron chi connectivity index (χ2n) is 6.87. The Morgan fingerprint density at radius 2 is 2.00 bits per heavy atom. The third kappa shape index (κ3) is 5.68. The topological polar surface area (TPSA) is 69.0 Å². The van der Waals surface area contributed by atoms with Crippen LogP contribution in [0.4, 0.5) is 5.69 Å². The molecule has 0 spiro atoms. The van der Waals surface area contributed by atoms with E-state index in [1.165, 1.54) is 11.8 Å². The highest BCUT2D eigenvalue weighted by Gasteiger charge is 2.25. The van der Waals surface area contributed by atoms with Crippen molar-refractivity contribution in [2.24, 2.45) is 0 Å². The largest absolute Gasteiger partial charge is 0.385 e. The van der Waals surface area contributed by atoms with Crippen LogP contribution >= 0.6 is 11.8 Å². The summed E-state index contributed by atoms with van der Waals surface area (Å²) in [7, 11) is 1.69. The minimum atomic E-state index is -0.443.